The van der Waals surface area contributed by atoms with Crippen LogP contribution in [0.1, 0.15) is 16.7 Å². The van der Waals surface area contributed by atoms with E-state index in [1.54, 1.807) is 12.1 Å². The summed E-state index contributed by atoms with van der Waals surface area (Å²) in [4.78, 5) is 39.1. The number of alkyl halides is 3. The molecule has 1 saturated heterocycles. The molecule has 0 spiro atoms. The number of anilines is 1. The Morgan fingerprint density at radius 1 is 0.956 bits per heavy atom. The van der Waals surface area contributed by atoms with Gasteiger partial charge in [-0.1, -0.05) is 48.0 Å². The molecule has 45 heavy (non-hydrogen) atoms. The van der Waals surface area contributed by atoms with Crippen LogP contribution in [0.25, 0.3) is 16.8 Å². The predicted molar refractivity (Wildman–Crippen MR) is 166 cm³/mol. The summed E-state index contributed by atoms with van der Waals surface area (Å²) >= 11 is 7.13. The Bertz CT molecular complexity index is 1850. The summed E-state index contributed by atoms with van der Waals surface area (Å²) in [6, 6.07) is 19.6. The highest BCUT2D eigenvalue weighted by molar-refractivity contribution is 8.18. The van der Waals surface area contributed by atoms with E-state index in [0.717, 1.165) is 28.5 Å². The zero-order chi connectivity index (χ0) is 32.3. The van der Waals surface area contributed by atoms with Gasteiger partial charge in [0.15, 0.2) is 11.5 Å². The molecule has 13 heteroatoms. The average Bonchev–Trinajstić information content (AvgIpc) is 3.26. The molecule has 0 aromatic heterocycles. The normalized spacial score (nSPS) is 14.3. The molecule has 5 rings (SSSR count). The molecule has 3 amide bonds. The standard InChI is InChI=1S/C32H24ClF3N2O6S/c1-42-25-10-9-22(32(34,35)36)15-24(25)37-28(39)16-38-30(40)27(45-31(38)41)14-19-12-23(33)29(26(13-19)43-2)44-17-18-7-8-20-5-3-4-6-21(20)11-18/h3-15H,16-17H2,1-2H3,(H,37,39)/b27-14-. The van der Waals surface area contributed by atoms with Crippen LogP contribution < -0.4 is 19.5 Å². The molecule has 0 aliphatic carbocycles. The van der Waals surface area contributed by atoms with Gasteiger partial charge in [-0.25, -0.2) is 0 Å². The molecule has 4 aromatic carbocycles. The molecule has 1 heterocycles. The molecule has 1 N–H and O–H groups in total. The number of nitrogens with one attached hydrogen (secondary N) is 1. The number of nitrogens with zero attached hydrogens (tertiary/aromatic N) is 1. The smallest absolute Gasteiger partial charge is 0.416 e. The maximum absolute atomic E-state index is 13.2. The van der Waals surface area contributed by atoms with Gasteiger partial charge in [0.05, 0.1) is 35.4 Å². The van der Waals surface area contributed by atoms with Gasteiger partial charge in [-0.15, -0.1) is 0 Å². The first-order valence-electron chi connectivity index (χ1n) is 13.3. The van der Waals surface area contributed by atoms with Gasteiger partial charge in [-0.3, -0.25) is 19.3 Å². The van der Waals surface area contributed by atoms with E-state index in [1.165, 1.54) is 20.3 Å². The molecule has 0 atom stereocenters. The summed E-state index contributed by atoms with van der Waals surface area (Å²) < 4.78 is 56.0. The summed E-state index contributed by atoms with van der Waals surface area (Å²) in [7, 11) is 2.66. The lowest BCUT2D eigenvalue weighted by Crippen LogP contribution is -2.36. The largest absolute Gasteiger partial charge is 0.495 e. The number of carbonyl (C=O) groups excluding carboxylic acids is 3. The van der Waals surface area contributed by atoms with E-state index < -0.39 is 35.3 Å². The van der Waals surface area contributed by atoms with E-state index in [4.69, 9.17) is 25.8 Å². The van der Waals surface area contributed by atoms with Gasteiger partial charge in [-0.05, 0) is 76.1 Å². The summed E-state index contributed by atoms with van der Waals surface area (Å²) in [6.45, 7) is -0.513. The molecule has 8 nitrogen and oxygen atoms in total. The van der Waals surface area contributed by atoms with Gasteiger partial charge < -0.3 is 19.5 Å². The Kier molecular flexibility index (Phi) is 9.26. The molecule has 0 unspecified atom stereocenters. The van der Waals surface area contributed by atoms with Gasteiger partial charge in [0.25, 0.3) is 11.1 Å². The van der Waals surface area contributed by atoms with Crippen LogP contribution in [0.3, 0.4) is 0 Å². The molecule has 1 aliphatic rings. The first kappa shape index (κ1) is 31.7. The van der Waals surface area contributed by atoms with Crippen molar-refractivity contribution in [3.63, 3.8) is 0 Å². The van der Waals surface area contributed by atoms with Crippen molar-refractivity contribution in [1.82, 2.24) is 4.90 Å². The summed E-state index contributed by atoms with van der Waals surface area (Å²) in [5, 5.41) is 3.92. The molecule has 1 fully saturated rings. The zero-order valence-electron chi connectivity index (χ0n) is 23.7. The van der Waals surface area contributed by atoms with Gasteiger partial charge in [0, 0.05) is 0 Å². The number of hydrogen-bond acceptors (Lipinski definition) is 7. The second-order valence-electron chi connectivity index (χ2n) is 9.73. The van der Waals surface area contributed by atoms with Crippen LogP contribution in [0.2, 0.25) is 5.02 Å². The molecule has 0 bridgehead atoms. The lowest BCUT2D eigenvalue weighted by molar-refractivity contribution is -0.137. The number of carbonyl (C=O) groups is 3. The summed E-state index contributed by atoms with van der Waals surface area (Å²) in [6.07, 6.45) is -3.24. The summed E-state index contributed by atoms with van der Waals surface area (Å²) in [5.41, 5.74) is 0.0788. The van der Waals surface area contributed by atoms with E-state index in [-0.39, 0.29) is 28.0 Å². The highest BCUT2D eigenvalue weighted by Crippen LogP contribution is 2.40. The third kappa shape index (κ3) is 7.18. The minimum absolute atomic E-state index is 0.00685. The van der Waals surface area contributed by atoms with E-state index in [1.807, 2.05) is 42.5 Å². The quantitative estimate of drug-likeness (QED) is 0.184. The summed E-state index contributed by atoms with van der Waals surface area (Å²) in [5.74, 6) is -1.10. The van der Waals surface area contributed by atoms with E-state index in [9.17, 15) is 27.6 Å². The third-order valence-corrected chi connectivity index (χ3v) is 7.91. The molecule has 0 radical (unpaired) electrons. The van der Waals surface area contributed by atoms with Crippen LogP contribution in [-0.4, -0.2) is 42.7 Å². The Hall–Kier alpha value is -4.68. The fraction of sp³-hybridized carbons (Fsp3) is 0.156. The number of ether oxygens (including phenoxy) is 3. The number of imide groups is 1. The highest BCUT2D eigenvalue weighted by Gasteiger charge is 2.37. The molecule has 232 valence electrons. The van der Waals surface area contributed by atoms with Gasteiger partial charge in [0.2, 0.25) is 5.91 Å². The molecule has 1 aliphatic heterocycles. The van der Waals surface area contributed by atoms with Gasteiger partial charge >= 0.3 is 6.18 Å². The van der Waals surface area contributed by atoms with Gasteiger partial charge in [-0.2, -0.15) is 13.2 Å². The van der Waals surface area contributed by atoms with E-state index >= 15 is 0 Å². The monoisotopic (exact) mass is 656 g/mol. The number of halogens is 4. The van der Waals surface area contributed by atoms with E-state index in [0.29, 0.717) is 39.8 Å². The van der Waals surface area contributed by atoms with Crippen LogP contribution in [0.5, 0.6) is 17.2 Å². The fourth-order valence-corrected chi connectivity index (χ4v) is 5.66. The Balaban J connectivity index is 1.29. The van der Waals surface area contributed by atoms with Crippen molar-refractivity contribution >= 4 is 63.0 Å². The maximum Gasteiger partial charge on any atom is 0.416 e. The Morgan fingerprint density at radius 3 is 2.40 bits per heavy atom. The van der Waals surface area contributed by atoms with Crippen LogP contribution >= 0.6 is 23.4 Å². The van der Waals surface area contributed by atoms with Crippen molar-refractivity contribution < 1.29 is 41.8 Å². The SMILES string of the molecule is COc1ccc(C(F)(F)F)cc1NC(=O)CN1C(=O)S/C(=C\c2cc(Cl)c(OCc3ccc4ccccc4c3)c(OC)c2)C1=O. The third-order valence-electron chi connectivity index (χ3n) is 6.72. The number of hydrogen-bond donors (Lipinski definition) is 1. The van der Waals surface area contributed by atoms with Crippen molar-refractivity contribution in [2.75, 3.05) is 26.1 Å². The highest BCUT2D eigenvalue weighted by atomic mass is 35.5. The zero-order valence-corrected chi connectivity index (χ0v) is 25.3. The average molecular weight is 657 g/mol. The predicted octanol–water partition coefficient (Wildman–Crippen LogP) is 7.78. The van der Waals surface area contributed by atoms with Crippen molar-refractivity contribution in [1.29, 1.82) is 0 Å². The van der Waals surface area contributed by atoms with Crippen LogP contribution in [0.15, 0.2) is 77.7 Å². The number of benzene rings is 4. The van der Waals surface area contributed by atoms with Crippen molar-refractivity contribution in [2.24, 2.45) is 0 Å². The Morgan fingerprint density at radius 2 is 1.69 bits per heavy atom. The number of amides is 3. The second kappa shape index (κ2) is 13.1. The first-order chi connectivity index (χ1) is 21.5. The number of thioether (sulfide) groups is 1. The van der Waals surface area contributed by atoms with E-state index in [2.05, 4.69) is 5.32 Å². The lowest BCUT2D eigenvalue weighted by atomic mass is 10.1. The molecule has 0 saturated carbocycles. The number of rotatable bonds is 9. The Labute approximate surface area is 264 Å². The number of fused-ring (bicyclic) bond motifs is 1. The topological polar surface area (TPSA) is 94.2 Å². The van der Waals surface area contributed by atoms with Crippen LogP contribution in [0, 0.1) is 0 Å². The minimum atomic E-state index is -4.66. The fourth-order valence-electron chi connectivity index (χ4n) is 4.55. The van der Waals surface area contributed by atoms with Crippen molar-refractivity contribution in [2.45, 2.75) is 12.8 Å². The second-order valence-corrected chi connectivity index (χ2v) is 11.1. The van der Waals surface area contributed by atoms with Crippen molar-refractivity contribution in [3.05, 3.63) is 99.4 Å². The van der Waals surface area contributed by atoms with Crippen molar-refractivity contribution in [3.8, 4) is 17.2 Å². The molecular formula is C32H24ClF3N2O6S. The van der Waals surface area contributed by atoms with Gasteiger partial charge in [0.1, 0.15) is 18.9 Å². The lowest BCUT2D eigenvalue weighted by Gasteiger charge is -2.16. The molecule has 4 aromatic rings. The first-order valence-corrected chi connectivity index (χ1v) is 14.4. The van der Waals surface area contributed by atoms with Crippen LogP contribution in [-0.2, 0) is 22.4 Å². The maximum atomic E-state index is 13.2. The minimum Gasteiger partial charge on any atom is -0.495 e. The molecular weight excluding hydrogens is 633 g/mol. The van der Waals surface area contributed by atoms with Crippen LogP contribution in [0.4, 0.5) is 23.7 Å². The number of methoxy groups -OCH3 is 2.